The molecule has 1 fully saturated rings. The van der Waals surface area contributed by atoms with Crippen LogP contribution in [-0.4, -0.2) is 47.9 Å². The first kappa shape index (κ1) is 19.1. The number of nitrogens with zero attached hydrogens (tertiary/aromatic N) is 1. The Morgan fingerprint density at radius 1 is 1.24 bits per heavy atom. The van der Waals surface area contributed by atoms with Crippen LogP contribution in [0.4, 0.5) is 9.59 Å². The molecule has 0 saturated carbocycles. The summed E-state index contributed by atoms with van der Waals surface area (Å²) in [4.78, 5) is 25.7. The van der Waals surface area contributed by atoms with Crippen LogP contribution in [0.5, 0.6) is 0 Å². The Morgan fingerprint density at radius 2 is 1.92 bits per heavy atom. The van der Waals surface area contributed by atoms with Crippen molar-refractivity contribution < 1.29 is 19.1 Å². The van der Waals surface area contributed by atoms with E-state index in [4.69, 9.17) is 15.2 Å². The van der Waals surface area contributed by atoms with Crippen molar-refractivity contribution in [1.82, 2.24) is 10.2 Å². The van der Waals surface area contributed by atoms with Crippen LogP contribution in [0.1, 0.15) is 32.8 Å². The minimum absolute atomic E-state index is 0.204. The van der Waals surface area contributed by atoms with E-state index in [1.165, 1.54) is 4.90 Å². The quantitative estimate of drug-likeness (QED) is 0.873. The van der Waals surface area contributed by atoms with E-state index >= 15 is 0 Å². The van der Waals surface area contributed by atoms with Crippen LogP contribution in [0, 0.1) is 0 Å². The zero-order valence-corrected chi connectivity index (χ0v) is 15.0. The van der Waals surface area contributed by atoms with Gasteiger partial charge in [0.15, 0.2) is 0 Å². The van der Waals surface area contributed by atoms with E-state index in [2.05, 4.69) is 5.32 Å². The van der Waals surface area contributed by atoms with E-state index in [0.29, 0.717) is 19.5 Å². The summed E-state index contributed by atoms with van der Waals surface area (Å²) < 4.78 is 10.6. The van der Waals surface area contributed by atoms with Crippen LogP contribution < -0.4 is 11.1 Å². The fourth-order valence-electron chi connectivity index (χ4n) is 2.68. The van der Waals surface area contributed by atoms with Crippen LogP contribution in [0.3, 0.4) is 0 Å². The Labute approximate surface area is 148 Å². The largest absolute Gasteiger partial charge is 0.445 e. The van der Waals surface area contributed by atoms with Gasteiger partial charge in [0.2, 0.25) is 0 Å². The average molecular weight is 349 g/mol. The third-order valence-electron chi connectivity index (χ3n) is 3.67. The highest BCUT2D eigenvalue weighted by molar-refractivity contribution is 5.70. The first-order valence-corrected chi connectivity index (χ1v) is 8.43. The monoisotopic (exact) mass is 349 g/mol. The second-order valence-corrected chi connectivity index (χ2v) is 7.28. The third-order valence-corrected chi connectivity index (χ3v) is 3.67. The van der Waals surface area contributed by atoms with Gasteiger partial charge in [-0.25, -0.2) is 9.59 Å². The highest BCUT2D eigenvalue weighted by Gasteiger charge is 2.31. The number of rotatable bonds is 3. The van der Waals surface area contributed by atoms with Crippen molar-refractivity contribution in [2.45, 2.75) is 51.5 Å². The van der Waals surface area contributed by atoms with Crippen molar-refractivity contribution in [1.29, 1.82) is 0 Å². The molecule has 3 N–H and O–H groups in total. The molecule has 7 nitrogen and oxygen atoms in total. The van der Waals surface area contributed by atoms with Crippen LogP contribution >= 0.6 is 0 Å². The maximum atomic E-state index is 12.3. The van der Waals surface area contributed by atoms with E-state index < -0.39 is 17.8 Å². The lowest BCUT2D eigenvalue weighted by Gasteiger charge is -2.36. The molecule has 1 aliphatic rings. The summed E-state index contributed by atoms with van der Waals surface area (Å²) >= 11 is 0. The smallest absolute Gasteiger partial charge is 0.410 e. The SMILES string of the molecule is CC(C)(C)OC(=O)NC1CC(N)CN(C(=O)OCc2ccccc2)C1. The number of amides is 2. The summed E-state index contributed by atoms with van der Waals surface area (Å²) in [6.07, 6.45) is -0.360. The predicted molar refractivity (Wildman–Crippen MR) is 94.0 cm³/mol. The van der Waals surface area contributed by atoms with E-state index in [0.717, 1.165) is 5.56 Å². The Kier molecular flexibility index (Phi) is 6.25. The van der Waals surface area contributed by atoms with E-state index in [1.807, 2.05) is 30.3 Å². The van der Waals surface area contributed by atoms with Crippen LogP contribution in [0.2, 0.25) is 0 Å². The van der Waals surface area contributed by atoms with Gasteiger partial charge in [0, 0.05) is 19.1 Å². The van der Waals surface area contributed by atoms with Crippen molar-refractivity contribution in [3.63, 3.8) is 0 Å². The Morgan fingerprint density at radius 3 is 2.56 bits per heavy atom. The molecule has 0 aromatic heterocycles. The van der Waals surface area contributed by atoms with Gasteiger partial charge in [0.1, 0.15) is 12.2 Å². The zero-order valence-electron chi connectivity index (χ0n) is 15.0. The number of hydrogen-bond acceptors (Lipinski definition) is 5. The molecule has 1 aliphatic heterocycles. The number of piperidine rings is 1. The number of likely N-dealkylation sites (tertiary alicyclic amines) is 1. The average Bonchev–Trinajstić information content (AvgIpc) is 2.51. The molecule has 1 heterocycles. The van der Waals surface area contributed by atoms with Gasteiger partial charge in [0.05, 0.1) is 6.04 Å². The second-order valence-electron chi connectivity index (χ2n) is 7.28. The lowest BCUT2D eigenvalue weighted by molar-refractivity contribution is 0.0440. The van der Waals surface area contributed by atoms with Gasteiger partial charge in [-0.2, -0.15) is 0 Å². The lowest BCUT2D eigenvalue weighted by atomic mass is 10.0. The number of alkyl carbamates (subject to hydrolysis) is 1. The molecule has 1 saturated heterocycles. The fraction of sp³-hybridized carbons (Fsp3) is 0.556. The van der Waals surface area contributed by atoms with Crippen molar-refractivity contribution >= 4 is 12.2 Å². The molecule has 2 rings (SSSR count). The normalized spacial score (nSPS) is 20.7. The van der Waals surface area contributed by atoms with Crippen molar-refractivity contribution in [2.75, 3.05) is 13.1 Å². The van der Waals surface area contributed by atoms with Crippen molar-refractivity contribution in [2.24, 2.45) is 5.73 Å². The molecule has 2 amide bonds. The van der Waals surface area contributed by atoms with E-state index in [1.54, 1.807) is 20.8 Å². The molecule has 0 bridgehead atoms. The number of ether oxygens (including phenoxy) is 2. The van der Waals surface area contributed by atoms with E-state index in [-0.39, 0.29) is 18.7 Å². The minimum Gasteiger partial charge on any atom is -0.445 e. The highest BCUT2D eigenvalue weighted by Crippen LogP contribution is 2.13. The van der Waals surface area contributed by atoms with Gasteiger partial charge < -0.3 is 25.4 Å². The van der Waals surface area contributed by atoms with Gasteiger partial charge in [-0.05, 0) is 32.8 Å². The highest BCUT2D eigenvalue weighted by atomic mass is 16.6. The van der Waals surface area contributed by atoms with Crippen molar-refractivity contribution in [3.05, 3.63) is 35.9 Å². The van der Waals surface area contributed by atoms with Gasteiger partial charge >= 0.3 is 12.2 Å². The Balaban J connectivity index is 1.86. The maximum absolute atomic E-state index is 12.3. The first-order chi connectivity index (χ1) is 11.7. The molecular weight excluding hydrogens is 322 g/mol. The summed E-state index contributed by atoms with van der Waals surface area (Å²) in [5, 5.41) is 2.77. The number of hydrogen-bond donors (Lipinski definition) is 2. The molecule has 0 spiro atoms. The maximum Gasteiger partial charge on any atom is 0.410 e. The molecule has 1 aromatic rings. The topological polar surface area (TPSA) is 93.9 Å². The molecule has 1 aromatic carbocycles. The fourth-order valence-corrected chi connectivity index (χ4v) is 2.68. The predicted octanol–water partition coefficient (Wildman–Crippen LogP) is 2.25. The lowest BCUT2D eigenvalue weighted by Crippen LogP contribution is -2.56. The summed E-state index contributed by atoms with van der Waals surface area (Å²) in [5.74, 6) is 0. The summed E-state index contributed by atoms with van der Waals surface area (Å²) in [5.41, 5.74) is 6.36. The van der Waals surface area contributed by atoms with Crippen molar-refractivity contribution in [3.8, 4) is 0 Å². The van der Waals surface area contributed by atoms with Gasteiger partial charge in [-0.3, -0.25) is 0 Å². The van der Waals surface area contributed by atoms with Gasteiger partial charge in [-0.1, -0.05) is 30.3 Å². The van der Waals surface area contributed by atoms with Gasteiger partial charge in [-0.15, -0.1) is 0 Å². The number of carbonyl (C=O) groups excluding carboxylic acids is 2. The van der Waals surface area contributed by atoms with Gasteiger partial charge in [0.25, 0.3) is 0 Å². The number of benzene rings is 1. The minimum atomic E-state index is -0.574. The molecule has 2 atom stereocenters. The zero-order chi connectivity index (χ0) is 18.4. The third kappa shape index (κ3) is 6.62. The molecule has 25 heavy (non-hydrogen) atoms. The van der Waals surface area contributed by atoms with E-state index in [9.17, 15) is 9.59 Å². The summed E-state index contributed by atoms with van der Waals surface area (Å²) in [6.45, 7) is 6.35. The summed E-state index contributed by atoms with van der Waals surface area (Å²) in [7, 11) is 0. The number of nitrogens with two attached hydrogens (primary N) is 1. The molecule has 7 heteroatoms. The Bertz CT molecular complexity index is 586. The van der Waals surface area contributed by atoms with Crippen LogP contribution in [-0.2, 0) is 16.1 Å². The van der Waals surface area contributed by atoms with Crippen LogP contribution in [0.15, 0.2) is 30.3 Å². The second kappa shape index (κ2) is 8.20. The molecule has 138 valence electrons. The Hall–Kier alpha value is -2.28. The number of nitrogens with one attached hydrogen (secondary N) is 1. The molecular formula is C18H27N3O4. The molecule has 0 radical (unpaired) electrons. The molecule has 2 unspecified atom stereocenters. The summed E-state index contributed by atoms with van der Waals surface area (Å²) in [6, 6.07) is 8.98. The molecule has 0 aliphatic carbocycles. The van der Waals surface area contributed by atoms with Crippen LogP contribution in [0.25, 0.3) is 0 Å². The first-order valence-electron chi connectivity index (χ1n) is 8.43. The number of carbonyl (C=O) groups is 2. The standard InChI is InChI=1S/C18H27N3O4/c1-18(2,3)25-16(22)20-15-9-14(19)10-21(11-15)17(23)24-12-13-7-5-4-6-8-13/h4-8,14-15H,9-12,19H2,1-3H3,(H,20,22).